The highest BCUT2D eigenvalue weighted by Gasteiger charge is 2.30. The van der Waals surface area contributed by atoms with Gasteiger partial charge in [0.2, 0.25) is 6.10 Å². The van der Waals surface area contributed by atoms with E-state index in [9.17, 15) is 9.59 Å². The first-order chi connectivity index (χ1) is 15.2. The molecule has 0 spiro atoms. The molecule has 2 aliphatic rings. The standard InChI is InChI=1S/C24H28N2O5/c27-23(26-12-16-30-17-13-26)22(20-4-2-1-3-5-20)31-24(28)21-8-6-19(7-9-21)18-25-10-14-29-15-11-25/h1-9,22H,10-18H2/t22-/m1/s1. The SMILES string of the molecule is O=C(O[C@@H](C(=O)N1CCOCC1)c1ccccc1)c1ccc(CN2CCOCC2)cc1. The van der Waals surface area contributed by atoms with E-state index in [2.05, 4.69) is 4.90 Å². The molecule has 0 radical (unpaired) electrons. The van der Waals surface area contributed by atoms with Gasteiger partial charge in [-0.25, -0.2) is 4.79 Å². The first-order valence-corrected chi connectivity index (χ1v) is 10.7. The number of carbonyl (C=O) groups excluding carboxylic acids is 2. The van der Waals surface area contributed by atoms with Crippen molar-refractivity contribution >= 4 is 11.9 Å². The van der Waals surface area contributed by atoms with Crippen LogP contribution in [0.15, 0.2) is 54.6 Å². The van der Waals surface area contributed by atoms with Gasteiger partial charge in [-0.05, 0) is 17.7 Å². The van der Waals surface area contributed by atoms with E-state index in [0.717, 1.165) is 38.4 Å². The third-order valence-electron chi connectivity index (χ3n) is 5.57. The third-order valence-corrected chi connectivity index (χ3v) is 5.57. The first kappa shape index (κ1) is 21.5. The second-order valence-electron chi connectivity index (χ2n) is 7.72. The Morgan fingerprint density at radius 1 is 0.839 bits per heavy atom. The van der Waals surface area contributed by atoms with Crippen molar-refractivity contribution in [3.8, 4) is 0 Å². The molecule has 0 N–H and O–H groups in total. The molecule has 0 unspecified atom stereocenters. The van der Waals surface area contributed by atoms with Crippen LogP contribution < -0.4 is 0 Å². The van der Waals surface area contributed by atoms with Crippen molar-refractivity contribution in [1.29, 1.82) is 0 Å². The van der Waals surface area contributed by atoms with Gasteiger partial charge < -0.3 is 19.1 Å². The topological polar surface area (TPSA) is 68.3 Å². The molecule has 0 aromatic heterocycles. The van der Waals surface area contributed by atoms with Gasteiger partial charge in [0, 0.05) is 38.3 Å². The molecule has 2 aliphatic heterocycles. The predicted molar refractivity (Wildman–Crippen MR) is 115 cm³/mol. The summed E-state index contributed by atoms with van der Waals surface area (Å²) in [5.74, 6) is -0.722. The number of nitrogens with zero attached hydrogens (tertiary/aromatic N) is 2. The van der Waals surface area contributed by atoms with E-state index >= 15 is 0 Å². The van der Waals surface area contributed by atoms with Gasteiger partial charge in [-0.3, -0.25) is 9.69 Å². The Morgan fingerprint density at radius 3 is 2.10 bits per heavy atom. The minimum atomic E-state index is -0.972. The minimum Gasteiger partial charge on any atom is -0.444 e. The van der Waals surface area contributed by atoms with Crippen molar-refractivity contribution in [2.24, 2.45) is 0 Å². The highest BCUT2D eigenvalue weighted by atomic mass is 16.5. The lowest BCUT2D eigenvalue weighted by molar-refractivity contribution is -0.145. The summed E-state index contributed by atoms with van der Waals surface area (Å²) in [6.07, 6.45) is -0.972. The first-order valence-electron chi connectivity index (χ1n) is 10.7. The lowest BCUT2D eigenvalue weighted by Gasteiger charge is -2.30. The van der Waals surface area contributed by atoms with E-state index in [0.29, 0.717) is 37.4 Å². The fourth-order valence-electron chi connectivity index (χ4n) is 3.78. The molecule has 0 bridgehead atoms. The van der Waals surface area contributed by atoms with Gasteiger partial charge in [-0.1, -0.05) is 42.5 Å². The van der Waals surface area contributed by atoms with Crippen LogP contribution >= 0.6 is 0 Å². The van der Waals surface area contributed by atoms with Gasteiger partial charge in [-0.15, -0.1) is 0 Å². The molecule has 7 nitrogen and oxygen atoms in total. The lowest BCUT2D eigenvalue weighted by atomic mass is 10.1. The summed E-state index contributed by atoms with van der Waals surface area (Å²) < 4.78 is 16.5. The van der Waals surface area contributed by atoms with Crippen LogP contribution in [-0.4, -0.2) is 74.3 Å². The summed E-state index contributed by atoms with van der Waals surface area (Å²) in [4.78, 5) is 30.0. The second kappa shape index (κ2) is 10.5. The van der Waals surface area contributed by atoms with Crippen LogP contribution in [0.5, 0.6) is 0 Å². The fourth-order valence-corrected chi connectivity index (χ4v) is 3.78. The van der Waals surface area contributed by atoms with Gasteiger partial charge in [0.25, 0.3) is 5.91 Å². The molecule has 7 heteroatoms. The zero-order valence-electron chi connectivity index (χ0n) is 17.6. The summed E-state index contributed by atoms with van der Waals surface area (Å²) in [5, 5.41) is 0. The molecule has 2 heterocycles. The molecule has 2 aromatic carbocycles. The highest BCUT2D eigenvalue weighted by molar-refractivity contribution is 5.92. The Morgan fingerprint density at radius 2 is 1.45 bits per heavy atom. The maximum Gasteiger partial charge on any atom is 0.339 e. The molecular formula is C24H28N2O5. The molecular weight excluding hydrogens is 396 g/mol. The maximum absolute atomic E-state index is 13.1. The number of esters is 1. The van der Waals surface area contributed by atoms with Crippen LogP contribution in [0.3, 0.4) is 0 Å². The van der Waals surface area contributed by atoms with E-state index in [4.69, 9.17) is 14.2 Å². The summed E-state index contributed by atoms with van der Waals surface area (Å²) in [5.41, 5.74) is 2.22. The van der Waals surface area contributed by atoms with E-state index in [1.165, 1.54) is 0 Å². The van der Waals surface area contributed by atoms with Crippen molar-refractivity contribution in [3.05, 3.63) is 71.3 Å². The number of rotatable bonds is 6. The zero-order chi connectivity index (χ0) is 21.5. The Labute approximate surface area is 182 Å². The average molecular weight is 424 g/mol. The number of ether oxygens (including phenoxy) is 3. The number of benzene rings is 2. The van der Waals surface area contributed by atoms with Crippen molar-refractivity contribution in [3.63, 3.8) is 0 Å². The second-order valence-corrected chi connectivity index (χ2v) is 7.72. The Balaban J connectivity index is 1.44. The number of hydrogen-bond donors (Lipinski definition) is 0. The number of hydrogen-bond acceptors (Lipinski definition) is 6. The van der Waals surface area contributed by atoms with Crippen LogP contribution in [-0.2, 0) is 25.5 Å². The van der Waals surface area contributed by atoms with Crippen molar-refractivity contribution in [2.75, 3.05) is 52.6 Å². The summed E-state index contributed by atoms with van der Waals surface area (Å²) in [7, 11) is 0. The molecule has 4 rings (SSSR count). The fraction of sp³-hybridized carbons (Fsp3) is 0.417. The largest absolute Gasteiger partial charge is 0.444 e. The molecule has 1 atom stereocenters. The van der Waals surface area contributed by atoms with Crippen LogP contribution in [0.25, 0.3) is 0 Å². The van der Waals surface area contributed by atoms with Gasteiger partial charge in [0.05, 0.1) is 32.0 Å². The van der Waals surface area contributed by atoms with Crippen molar-refractivity contribution in [1.82, 2.24) is 9.80 Å². The minimum absolute atomic E-state index is 0.216. The summed E-state index contributed by atoms with van der Waals surface area (Å²) >= 11 is 0. The number of amides is 1. The van der Waals surface area contributed by atoms with Gasteiger partial charge >= 0.3 is 5.97 Å². The molecule has 0 aliphatic carbocycles. The van der Waals surface area contributed by atoms with Crippen LogP contribution in [0.1, 0.15) is 27.6 Å². The van der Waals surface area contributed by atoms with Gasteiger partial charge in [0.15, 0.2) is 0 Å². The van der Waals surface area contributed by atoms with Crippen LogP contribution in [0.4, 0.5) is 0 Å². The Kier molecular flexibility index (Phi) is 7.30. The van der Waals surface area contributed by atoms with E-state index in [1.54, 1.807) is 17.0 Å². The number of carbonyl (C=O) groups is 2. The number of morpholine rings is 2. The van der Waals surface area contributed by atoms with Crippen LogP contribution in [0.2, 0.25) is 0 Å². The highest BCUT2D eigenvalue weighted by Crippen LogP contribution is 2.23. The summed E-state index contributed by atoms with van der Waals surface area (Å²) in [6, 6.07) is 16.6. The quantitative estimate of drug-likeness (QED) is 0.663. The lowest BCUT2D eigenvalue weighted by Crippen LogP contribution is -2.44. The molecule has 31 heavy (non-hydrogen) atoms. The molecule has 164 valence electrons. The molecule has 0 saturated carbocycles. The molecule has 2 saturated heterocycles. The summed E-state index contributed by atoms with van der Waals surface area (Å²) in [6.45, 7) is 6.12. The molecule has 1 amide bonds. The van der Waals surface area contributed by atoms with E-state index < -0.39 is 12.1 Å². The zero-order valence-corrected chi connectivity index (χ0v) is 17.6. The smallest absolute Gasteiger partial charge is 0.339 e. The Hall–Kier alpha value is -2.74. The average Bonchev–Trinajstić information content (AvgIpc) is 2.84. The van der Waals surface area contributed by atoms with E-state index in [1.807, 2.05) is 42.5 Å². The van der Waals surface area contributed by atoms with Crippen LogP contribution in [0, 0.1) is 0 Å². The normalized spacial score (nSPS) is 18.4. The van der Waals surface area contributed by atoms with E-state index in [-0.39, 0.29) is 5.91 Å². The monoisotopic (exact) mass is 424 g/mol. The van der Waals surface area contributed by atoms with Gasteiger partial charge in [0.1, 0.15) is 0 Å². The Bertz CT molecular complexity index is 859. The predicted octanol–water partition coefficient (Wildman–Crippen LogP) is 2.28. The third kappa shape index (κ3) is 5.70. The maximum atomic E-state index is 13.1. The molecule has 2 aromatic rings. The van der Waals surface area contributed by atoms with Crippen molar-refractivity contribution in [2.45, 2.75) is 12.6 Å². The van der Waals surface area contributed by atoms with Crippen molar-refractivity contribution < 1.29 is 23.8 Å². The molecule has 2 fully saturated rings. The van der Waals surface area contributed by atoms with Gasteiger partial charge in [-0.2, -0.15) is 0 Å².